The van der Waals surface area contributed by atoms with E-state index in [1.54, 1.807) is 53.4 Å². The summed E-state index contributed by atoms with van der Waals surface area (Å²) >= 11 is 0. The first-order valence-corrected chi connectivity index (χ1v) is 11.1. The van der Waals surface area contributed by atoms with Crippen molar-refractivity contribution in [1.29, 1.82) is 0 Å². The summed E-state index contributed by atoms with van der Waals surface area (Å²) < 4.78 is 43.2. The Balaban J connectivity index is 1.59. The molecule has 3 aromatic carbocycles. The summed E-state index contributed by atoms with van der Waals surface area (Å²) in [4.78, 5) is 15.1. The minimum absolute atomic E-state index is 0.178. The van der Waals surface area contributed by atoms with Crippen molar-refractivity contribution in [2.24, 2.45) is 0 Å². The number of hydrogen-bond acceptors (Lipinski definition) is 4. The quantitative estimate of drug-likeness (QED) is 0.658. The molecular formula is C22H20FNO4S. The molecule has 0 N–H and O–H groups in total. The van der Waals surface area contributed by atoms with Crippen LogP contribution in [0.25, 0.3) is 10.8 Å². The highest BCUT2D eigenvalue weighted by molar-refractivity contribution is 7.90. The maximum atomic E-state index is 14.1. The van der Waals surface area contributed by atoms with Gasteiger partial charge in [-0.05, 0) is 35.2 Å². The number of amides is 1. The second-order valence-corrected chi connectivity index (χ2v) is 9.11. The molecule has 7 heteroatoms. The number of ether oxygens (including phenoxy) is 1. The van der Waals surface area contributed by atoms with Crippen LogP contribution in [-0.4, -0.2) is 45.2 Å². The van der Waals surface area contributed by atoms with Gasteiger partial charge in [-0.2, -0.15) is 0 Å². The van der Waals surface area contributed by atoms with Crippen molar-refractivity contribution in [3.63, 3.8) is 0 Å². The molecule has 4 rings (SSSR count). The molecule has 150 valence electrons. The van der Waals surface area contributed by atoms with Crippen LogP contribution in [0.2, 0.25) is 0 Å². The van der Waals surface area contributed by atoms with Crippen molar-refractivity contribution in [3.8, 4) is 0 Å². The highest BCUT2D eigenvalue weighted by Crippen LogP contribution is 2.27. The third kappa shape index (κ3) is 3.88. The fourth-order valence-corrected chi connectivity index (χ4v) is 4.21. The summed E-state index contributed by atoms with van der Waals surface area (Å²) in [6, 6.07) is 16.3. The van der Waals surface area contributed by atoms with Gasteiger partial charge in [0.1, 0.15) is 11.9 Å². The fraction of sp³-hybridized carbons (Fsp3) is 0.227. The maximum absolute atomic E-state index is 14.1. The second-order valence-electron chi connectivity index (χ2n) is 7.09. The van der Waals surface area contributed by atoms with E-state index in [1.165, 1.54) is 12.1 Å². The third-order valence-electron chi connectivity index (χ3n) is 5.13. The fourth-order valence-electron chi connectivity index (χ4n) is 3.58. The maximum Gasteiger partial charge on any atom is 0.254 e. The summed E-state index contributed by atoms with van der Waals surface area (Å²) in [6.07, 6.45) is 0.806. The molecule has 5 nitrogen and oxygen atoms in total. The Morgan fingerprint density at radius 2 is 1.72 bits per heavy atom. The number of hydrogen-bond donors (Lipinski definition) is 0. The van der Waals surface area contributed by atoms with Gasteiger partial charge in [0, 0.05) is 23.8 Å². The molecule has 29 heavy (non-hydrogen) atoms. The van der Waals surface area contributed by atoms with E-state index in [0.29, 0.717) is 36.0 Å². The van der Waals surface area contributed by atoms with Crippen molar-refractivity contribution in [2.45, 2.75) is 11.0 Å². The number of halogens is 1. The van der Waals surface area contributed by atoms with Crippen molar-refractivity contribution in [1.82, 2.24) is 4.90 Å². The van der Waals surface area contributed by atoms with Crippen LogP contribution in [0.3, 0.4) is 0 Å². The molecule has 0 saturated carbocycles. The molecule has 1 amide bonds. The summed E-state index contributed by atoms with van der Waals surface area (Å²) in [5, 5.41) is 0.998. The number of carbonyl (C=O) groups excluding carboxylic acids is 1. The highest BCUT2D eigenvalue weighted by Gasteiger charge is 2.27. The van der Waals surface area contributed by atoms with E-state index in [0.717, 1.165) is 11.8 Å². The van der Waals surface area contributed by atoms with E-state index >= 15 is 0 Å². The normalized spacial score (nSPS) is 17.4. The lowest BCUT2D eigenvalue weighted by atomic mass is 10.0. The van der Waals surface area contributed by atoms with E-state index in [2.05, 4.69) is 0 Å². The first kappa shape index (κ1) is 19.5. The van der Waals surface area contributed by atoms with Gasteiger partial charge in [0.15, 0.2) is 9.84 Å². The lowest BCUT2D eigenvalue weighted by Crippen LogP contribution is -2.42. The zero-order chi connectivity index (χ0) is 20.6. The molecule has 1 unspecified atom stereocenters. The predicted octanol–water partition coefficient (Wildman–Crippen LogP) is 3.60. The van der Waals surface area contributed by atoms with Gasteiger partial charge in [-0.25, -0.2) is 12.8 Å². The second kappa shape index (κ2) is 7.57. The van der Waals surface area contributed by atoms with Gasteiger partial charge < -0.3 is 9.64 Å². The van der Waals surface area contributed by atoms with E-state index in [-0.39, 0.29) is 22.7 Å². The molecule has 0 bridgehead atoms. The molecule has 1 aliphatic rings. The zero-order valence-electron chi connectivity index (χ0n) is 15.8. The third-order valence-corrected chi connectivity index (χ3v) is 6.26. The lowest BCUT2D eigenvalue weighted by Gasteiger charge is -2.33. The molecule has 0 radical (unpaired) electrons. The molecule has 0 spiro atoms. The van der Waals surface area contributed by atoms with Gasteiger partial charge in [-0.1, -0.05) is 36.4 Å². The van der Waals surface area contributed by atoms with Crippen LogP contribution in [-0.2, 0) is 14.6 Å². The Morgan fingerprint density at radius 3 is 2.41 bits per heavy atom. The van der Waals surface area contributed by atoms with Crippen molar-refractivity contribution < 1.29 is 22.3 Å². The summed E-state index contributed by atoms with van der Waals surface area (Å²) in [7, 11) is -3.27. The molecular weight excluding hydrogens is 393 g/mol. The SMILES string of the molecule is CS(=O)(=O)c1ccc(C2CN(C(=O)c3ccc(F)c4ccccc34)CCO2)cc1. The van der Waals surface area contributed by atoms with Gasteiger partial charge >= 0.3 is 0 Å². The first-order chi connectivity index (χ1) is 13.8. The Bertz CT molecular complexity index is 1180. The average Bonchev–Trinajstić information content (AvgIpc) is 2.73. The molecule has 1 fully saturated rings. The van der Waals surface area contributed by atoms with Crippen molar-refractivity contribution in [3.05, 3.63) is 77.6 Å². The topological polar surface area (TPSA) is 63.7 Å². The molecule has 0 aromatic heterocycles. The van der Waals surface area contributed by atoms with Gasteiger partial charge in [0.05, 0.1) is 18.0 Å². The van der Waals surface area contributed by atoms with Crippen LogP contribution in [0.5, 0.6) is 0 Å². The summed E-state index contributed by atoms with van der Waals surface area (Å²) in [6.45, 7) is 1.13. The minimum Gasteiger partial charge on any atom is -0.370 e. The van der Waals surface area contributed by atoms with E-state index < -0.39 is 9.84 Å². The number of benzene rings is 3. The number of sulfone groups is 1. The first-order valence-electron chi connectivity index (χ1n) is 9.23. The average molecular weight is 413 g/mol. The van der Waals surface area contributed by atoms with Crippen LogP contribution < -0.4 is 0 Å². The van der Waals surface area contributed by atoms with Crippen LogP contribution in [0, 0.1) is 5.82 Å². The van der Waals surface area contributed by atoms with Gasteiger partial charge in [0.2, 0.25) is 0 Å². The Hall–Kier alpha value is -2.77. The van der Waals surface area contributed by atoms with Gasteiger partial charge in [0.25, 0.3) is 5.91 Å². The minimum atomic E-state index is -3.27. The van der Waals surface area contributed by atoms with Crippen molar-refractivity contribution >= 4 is 26.5 Å². The molecule has 1 aliphatic heterocycles. The predicted molar refractivity (Wildman–Crippen MR) is 108 cm³/mol. The number of morpholine rings is 1. The largest absolute Gasteiger partial charge is 0.370 e. The van der Waals surface area contributed by atoms with Gasteiger partial charge in [-0.3, -0.25) is 4.79 Å². The lowest BCUT2D eigenvalue weighted by molar-refractivity contribution is -0.0227. The molecule has 1 heterocycles. The Kier molecular flexibility index (Phi) is 5.10. The van der Waals surface area contributed by atoms with E-state index in [9.17, 15) is 17.6 Å². The highest BCUT2D eigenvalue weighted by atomic mass is 32.2. The van der Waals surface area contributed by atoms with Crippen LogP contribution in [0.4, 0.5) is 4.39 Å². The molecule has 0 aliphatic carbocycles. The number of nitrogens with zero attached hydrogens (tertiary/aromatic N) is 1. The van der Waals surface area contributed by atoms with Gasteiger partial charge in [-0.15, -0.1) is 0 Å². The van der Waals surface area contributed by atoms with E-state index in [4.69, 9.17) is 4.74 Å². The van der Waals surface area contributed by atoms with Crippen LogP contribution >= 0.6 is 0 Å². The number of fused-ring (bicyclic) bond motifs is 1. The summed E-state index contributed by atoms with van der Waals surface area (Å²) in [5.41, 5.74) is 1.26. The Morgan fingerprint density at radius 1 is 1.03 bits per heavy atom. The molecule has 3 aromatic rings. The van der Waals surface area contributed by atoms with Crippen molar-refractivity contribution in [2.75, 3.05) is 26.0 Å². The van der Waals surface area contributed by atoms with Crippen LogP contribution in [0.1, 0.15) is 22.0 Å². The van der Waals surface area contributed by atoms with Crippen LogP contribution in [0.15, 0.2) is 65.6 Å². The van der Waals surface area contributed by atoms with E-state index in [1.807, 2.05) is 0 Å². The zero-order valence-corrected chi connectivity index (χ0v) is 16.7. The smallest absolute Gasteiger partial charge is 0.254 e. The number of carbonyl (C=O) groups is 1. The summed E-state index contributed by atoms with van der Waals surface area (Å²) in [5.74, 6) is -0.537. The standard InChI is InChI=1S/C22H20FNO4S/c1-29(26,27)16-8-6-15(7-9-16)21-14-24(12-13-28-21)22(25)19-10-11-20(23)18-5-3-2-4-17(18)19/h2-11,21H,12-14H2,1H3. The molecule has 1 saturated heterocycles. The molecule has 1 atom stereocenters. The Labute approximate surface area is 168 Å². The number of rotatable bonds is 3. The monoisotopic (exact) mass is 413 g/mol.